The van der Waals surface area contributed by atoms with Crippen LogP contribution in [0.25, 0.3) is 0 Å². The van der Waals surface area contributed by atoms with Gasteiger partial charge in [0.2, 0.25) is 0 Å². The van der Waals surface area contributed by atoms with Crippen molar-refractivity contribution in [2.45, 2.75) is 6.92 Å². The van der Waals surface area contributed by atoms with Gasteiger partial charge in [0.05, 0.1) is 0 Å². The van der Waals surface area contributed by atoms with Gasteiger partial charge < -0.3 is 0 Å². The Bertz CT molecular complexity index is 265. The fourth-order valence-electron chi connectivity index (χ4n) is 0.641. The summed E-state index contributed by atoms with van der Waals surface area (Å²) in [4.78, 5) is 10.0. The van der Waals surface area contributed by atoms with Crippen LogP contribution in [0, 0.1) is 0 Å². The second kappa shape index (κ2) is 8.47. The summed E-state index contributed by atoms with van der Waals surface area (Å²) in [7, 11) is 0. The maximum absolute atomic E-state index is 10.0. The zero-order valence-electron chi connectivity index (χ0n) is 7.81. The van der Waals surface area contributed by atoms with E-state index < -0.39 is 0 Å². The van der Waals surface area contributed by atoms with E-state index in [4.69, 9.17) is 0 Å². The van der Waals surface area contributed by atoms with E-state index in [0.717, 1.165) is 11.9 Å². The van der Waals surface area contributed by atoms with Crippen LogP contribution >= 0.6 is 0 Å². The first-order valence-electron chi connectivity index (χ1n) is 4.05. The summed E-state index contributed by atoms with van der Waals surface area (Å²) in [6.45, 7) is 5.42. The third-order valence-electron chi connectivity index (χ3n) is 1.27. The zero-order valence-corrected chi connectivity index (χ0v) is 7.81. The van der Waals surface area contributed by atoms with Crippen molar-refractivity contribution in [1.82, 2.24) is 0 Å². The maximum Gasteiger partial charge on any atom is 0.143 e. The van der Waals surface area contributed by atoms with Crippen molar-refractivity contribution in [3.63, 3.8) is 0 Å². The predicted octanol–water partition coefficient (Wildman–Crippen LogP) is 2.99. The van der Waals surface area contributed by atoms with Crippen molar-refractivity contribution in [1.29, 1.82) is 0 Å². The lowest BCUT2D eigenvalue weighted by atomic mass is 10.2. The molecule has 0 aliphatic carbocycles. The highest BCUT2D eigenvalue weighted by molar-refractivity contribution is 5.66. The van der Waals surface area contributed by atoms with Gasteiger partial charge in [-0.15, -0.1) is 0 Å². The van der Waals surface area contributed by atoms with Crippen LogP contribution in [-0.4, -0.2) is 6.29 Å². The molecule has 0 aromatic heterocycles. The molecule has 0 saturated carbocycles. The molecular weight excluding hydrogens is 160 g/mol. The Labute approximate surface area is 79.5 Å². The second-order valence-electron chi connectivity index (χ2n) is 2.41. The van der Waals surface area contributed by atoms with Crippen LogP contribution < -0.4 is 0 Å². The molecule has 0 aromatic carbocycles. The van der Waals surface area contributed by atoms with Crippen molar-refractivity contribution >= 4 is 6.29 Å². The van der Waals surface area contributed by atoms with Crippen molar-refractivity contribution in [3.8, 4) is 0 Å². The molecule has 68 valence electrons. The Morgan fingerprint density at radius 2 is 1.69 bits per heavy atom. The molecule has 0 radical (unpaired) electrons. The Kier molecular flexibility index (Phi) is 7.40. The molecule has 13 heavy (non-hydrogen) atoms. The standard InChI is InChI=1S/C12H14O/c1-3-4-5-6-7-8-9-12(2)10-11-13/h3-11H,1H2,2H3/b5-4+,7-6+,9-8+,12-10+. The van der Waals surface area contributed by atoms with Crippen LogP contribution in [0.5, 0.6) is 0 Å². The Hall–Kier alpha value is -1.63. The summed E-state index contributed by atoms with van der Waals surface area (Å²) in [5.74, 6) is 0. The van der Waals surface area contributed by atoms with Gasteiger partial charge in [0.1, 0.15) is 6.29 Å². The summed E-state index contributed by atoms with van der Waals surface area (Å²) < 4.78 is 0. The first-order chi connectivity index (χ1) is 6.31. The molecule has 0 amide bonds. The van der Waals surface area contributed by atoms with Crippen molar-refractivity contribution in [2.24, 2.45) is 0 Å². The highest BCUT2D eigenvalue weighted by Crippen LogP contribution is 1.92. The van der Waals surface area contributed by atoms with Gasteiger partial charge in [-0.3, -0.25) is 4.79 Å². The minimum Gasteiger partial charge on any atom is -0.299 e. The van der Waals surface area contributed by atoms with Gasteiger partial charge in [-0.1, -0.05) is 49.1 Å². The van der Waals surface area contributed by atoms with Crippen LogP contribution in [-0.2, 0) is 4.79 Å². The molecule has 0 N–H and O–H groups in total. The molecule has 0 heterocycles. The van der Waals surface area contributed by atoms with E-state index >= 15 is 0 Å². The predicted molar refractivity (Wildman–Crippen MR) is 57.4 cm³/mol. The fraction of sp³-hybridized carbons (Fsp3) is 0.0833. The van der Waals surface area contributed by atoms with E-state index in [1.807, 2.05) is 43.4 Å². The fourth-order valence-corrected chi connectivity index (χ4v) is 0.641. The van der Waals surface area contributed by atoms with E-state index in [1.165, 1.54) is 6.08 Å². The summed E-state index contributed by atoms with van der Waals surface area (Å²) in [6, 6.07) is 0. The number of allylic oxidation sites excluding steroid dienone is 9. The molecule has 1 nitrogen and oxygen atoms in total. The molecule has 1 heteroatoms. The molecule has 0 atom stereocenters. The van der Waals surface area contributed by atoms with Gasteiger partial charge in [0.25, 0.3) is 0 Å². The van der Waals surface area contributed by atoms with Gasteiger partial charge >= 0.3 is 0 Å². The summed E-state index contributed by atoms with van der Waals surface area (Å²) in [5, 5.41) is 0. The Balaban J connectivity index is 3.93. The van der Waals surface area contributed by atoms with Gasteiger partial charge in [0, 0.05) is 0 Å². The normalized spacial score (nSPS) is 13.2. The molecule has 0 spiro atoms. The van der Waals surface area contributed by atoms with E-state index in [1.54, 1.807) is 6.08 Å². The minimum absolute atomic E-state index is 0.779. The van der Waals surface area contributed by atoms with Gasteiger partial charge in [-0.25, -0.2) is 0 Å². The van der Waals surface area contributed by atoms with Crippen molar-refractivity contribution < 1.29 is 4.79 Å². The zero-order chi connectivity index (χ0) is 9.94. The monoisotopic (exact) mass is 174 g/mol. The first-order valence-corrected chi connectivity index (χ1v) is 4.05. The number of hydrogen-bond donors (Lipinski definition) is 0. The van der Waals surface area contributed by atoms with Crippen molar-refractivity contribution in [2.75, 3.05) is 0 Å². The lowest BCUT2D eigenvalue weighted by molar-refractivity contribution is -0.104. The largest absolute Gasteiger partial charge is 0.299 e. The Morgan fingerprint density at radius 1 is 1.08 bits per heavy atom. The first kappa shape index (κ1) is 11.4. The van der Waals surface area contributed by atoms with Gasteiger partial charge in [-0.2, -0.15) is 0 Å². The van der Waals surface area contributed by atoms with Crippen molar-refractivity contribution in [3.05, 3.63) is 60.8 Å². The van der Waals surface area contributed by atoms with Gasteiger partial charge in [0.15, 0.2) is 0 Å². The molecular formula is C12H14O. The molecule has 0 aromatic rings. The number of carbonyl (C=O) groups is 1. The number of carbonyl (C=O) groups excluding carboxylic acids is 1. The number of rotatable bonds is 5. The average Bonchev–Trinajstić information content (AvgIpc) is 2.11. The van der Waals surface area contributed by atoms with E-state index in [9.17, 15) is 4.79 Å². The lowest BCUT2D eigenvalue weighted by Crippen LogP contribution is -1.68. The van der Waals surface area contributed by atoms with E-state index in [2.05, 4.69) is 6.58 Å². The van der Waals surface area contributed by atoms with Crippen LogP contribution in [0.2, 0.25) is 0 Å². The van der Waals surface area contributed by atoms with Crippen LogP contribution in [0.15, 0.2) is 60.8 Å². The smallest absolute Gasteiger partial charge is 0.143 e. The molecule has 0 fully saturated rings. The van der Waals surface area contributed by atoms with Crippen LogP contribution in [0.1, 0.15) is 6.92 Å². The SMILES string of the molecule is C=C/C=C/C=C/C=C/C(C)=C/C=O. The van der Waals surface area contributed by atoms with Gasteiger partial charge in [-0.05, 0) is 18.6 Å². The highest BCUT2D eigenvalue weighted by atomic mass is 16.1. The second-order valence-corrected chi connectivity index (χ2v) is 2.41. The lowest BCUT2D eigenvalue weighted by Gasteiger charge is -1.82. The molecule has 0 aliphatic rings. The highest BCUT2D eigenvalue weighted by Gasteiger charge is 1.75. The van der Waals surface area contributed by atoms with Crippen LogP contribution in [0.4, 0.5) is 0 Å². The molecule has 0 bridgehead atoms. The summed E-state index contributed by atoms with van der Waals surface area (Å²) >= 11 is 0. The van der Waals surface area contributed by atoms with E-state index in [-0.39, 0.29) is 0 Å². The molecule has 0 aliphatic heterocycles. The molecule has 0 unspecified atom stereocenters. The van der Waals surface area contributed by atoms with Crippen LogP contribution in [0.3, 0.4) is 0 Å². The third-order valence-corrected chi connectivity index (χ3v) is 1.27. The minimum atomic E-state index is 0.779. The number of hydrogen-bond acceptors (Lipinski definition) is 1. The molecule has 0 saturated heterocycles. The summed E-state index contributed by atoms with van der Waals surface area (Å²) in [5.41, 5.74) is 0.937. The van der Waals surface area contributed by atoms with E-state index in [0.29, 0.717) is 0 Å². The quantitative estimate of drug-likeness (QED) is 0.356. The number of aldehydes is 1. The topological polar surface area (TPSA) is 17.1 Å². The average molecular weight is 174 g/mol. The summed E-state index contributed by atoms with van der Waals surface area (Å²) in [6.07, 6.45) is 15.3. The maximum atomic E-state index is 10.0. The third kappa shape index (κ3) is 8.27. The Morgan fingerprint density at radius 3 is 2.31 bits per heavy atom. The molecule has 0 rings (SSSR count).